The Hall–Kier alpha value is -1.60. The predicted molar refractivity (Wildman–Crippen MR) is 81.7 cm³/mol. The summed E-state index contributed by atoms with van der Waals surface area (Å²) in [6.07, 6.45) is 7.22. The van der Waals surface area contributed by atoms with Crippen LogP contribution in [-0.4, -0.2) is 30.5 Å². The summed E-state index contributed by atoms with van der Waals surface area (Å²) in [5, 5.41) is 6.29. The zero-order chi connectivity index (χ0) is 13.5. The molecule has 0 radical (unpaired) electrons. The molecule has 1 aromatic carbocycles. The van der Waals surface area contributed by atoms with Crippen molar-refractivity contribution in [2.75, 3.05) is 29.9 Å². The van der Waals surface area contributed by atoms with Crippen molar-refractivity contribution in [2.45, 2.75) is 12.8 Å². The van der Waals surface area contributed by atoms with Crippen LogP contribution in [-0.2, 0) is 6.42 Å². The Balaban J connectivity index is 1.94. The van der Waals surface area contributed by atoms with Crippen LogP contribution in [0.25, 0.3) is 0 Å². The van der Waals surface area contributed by atoms with Gasteiger partial charge in [0.15, 0.2) is 0 Å². The number of hydrogen-bond donors (Lipinski definition) is 2. The molecular weight excluding hydrogens is 256 g/mol. The van der Waals surface area contributed by atoms with Crippen molar-refractivity contribution in [1.29, 1.82) is 0 Å². The molecule has 3 nitrogen and oxygen atoms in total. The number of thioether (sulfide) groups is 1. The van der Waals surface area contributed by atoms with Gasteiger partial charge in [0.25, 0.3) is 5.91 Å². The van der Waals surface area contributed by atoms with Crippen molar-refractivity contribution in [3.8, 4) is 12.3 Å². The predicted octanol–water partition coefficient (Wildman–Crippen LogP) is 2.14. The van der Waals surface area contributed by atoms with Gasteiger partial charge in [0.1, 0.15) is 0 Å². The monoisotopic (exact) mass is 274 g/mol. The first-order valence-electron chi connectivity index (χ1n) is 6.48. The second-order valence-corrected chi connectivity index (χ2v) is 5.48. The molecule has 0 saturated heterocycles. The first kappa shape index (κ1) is 13.8. The summed E-state index contributed by atoms with van der Waals surface area (Å²) in [7, 11) is 0. The van der Waals surface area contributed by atoms with E-state index in [1.165, 1.54) is 0 Å². The molecule has 1 amide bonds. The normalized spacial score (nSPS) is 13.0. The van der Waals surface area contributed by atoms with E-state index in [4.69, 9.17) is 6.42 Å². The van der Waals surface area contributed by atoms with Crippen LogP contribution < -0.4 is 10.6 Å². The first-order valence-corrected chi connectivity index (χ1v) is 7.63. The summed E-state index contributed by atoms with van der Waals surface area (Å²) >= 11 is 1.66. The Kier molecular flexibility index (Phi) is 5.17. The molecule has 0 fully saturated rings. The first-order chi connectivity index (χ1) is 9.33. The highest BCUT2D eigenvalue weighted by atomic mass is 32.2. The van der Waals surface area contributed by atoms with E-state index < -0.39 is 0 Å². The van der Waals surface area contributed by atoms with Gasteiger partial charge in [0.2, 0.25) is 0 Å². The number of benzene rings is 1. The van der Waals surface area contributed by atoms with Crippen LogP contribution in [0.15, 0.2) is 18.2 Å². The third-order valence-corrected chi connectivity index (χ3v) is 3.92. The average Bonchev–Trinajstić information content (AvgIpc) is 2.46. The molecule has 1 aliphatic rings. The van der Waals surface area contributed by atoms with Gasteiger partial charge in [-0.15, -0.1) is 18.2 Å². The van der Waals surface area contributed by atoms with Gasteiger partial charge in [-0.25, -0.2) is 0 Å². The lowest BCUT2D eigenvalue weighted by atomic mass is 9.97. The lowest BCUT2D eigenvalue weighted by molar-refractivity contribution is 0.0955. The molecule has 0 atom stereocenters. The van der Waals surface area contributed by atoms with Crippen molar-refractivity contribution in [2.24, 2.45) is 0 Å². The van der Waals surface area contributed by atoms with E-state index in [1.54, 1.807) is 11.8 Å². The van der Waals surface area contributed by atoms with Gasteiger partial charge in [-0.05, 0) is 30.5 Å². The zero-order valence-corrected chi connectivity index (χ0v) is 11.7. The Bertz CT molecular complexity index is 493. The van der Waals surface area contributed by atoms with Crippen LogP contribution in [0, 0.1) is 12.3 Å². The standard InChI is InChI=1S/C15H18N2OS/c1-2-10-19-11-9-17-15(18)13-5-3-7-14-12(13)6-4-8-16-14/h1,3,5,7,16H,4,6,8-11H2,(H,17,18). The summed E-state index contributed by atoms with van der Waals surface area (Å²) in [4.78, 5) is 12.2. The number of terminal acetylenes is 1. The molecule has 1 heterocycles. The highest BCUT2D eigenvalue weighted by Crippen LogP contribution is 2.25. The average molecular weight is 274 g/mol. The fourth-order valence-electron chi connectivity index (χ4n) is 2.19. The summed E-state index contributed by atoms with van der Waals surface area (Å²) in [6.45, 7) is 1.64. The fourth-order valence-corrected chi connectivity index (χ4v) is 2.69. The maximum atomic E-state index is 12.2. The maximum absolute atomic E-state index is 12.2. The lowest BCUT2D eigenvalue weighted by Crippen LogP contribution is -2.28. The molecule has 0 aliphatic carbocycles. The van der Waals surface area contributed by atoms with Gasteiger partial charge >= 0.3 is 0 Å². The number of anilines is 1. The Morgan fingerprint density at radius 2 is 2.42 bits per heavy atom. The minimum Gasteiger partial charge on any atom is -0.385 e. The Morgan fingerprint density at radius 3 is 3.26 bits per heavy atom. The van der Waals surface area contributed by atoms with Gasteiger partial charge in [0.05, 0.1) is 5.75 Å². The summed E-state index contributed by atoms with van der Waals surface area (Å²) in [6, 6.07) is 5.86. The number of rotatable bonds is 5. The highest BCUT2D eigenvalue weighted by Gasteiger charge is 2.16. The smallest absolute Gasteiger partial charge is 0.251 e. The second kappa shape index (κ2) is 7.10. The molecule has 0 spiro atoms. The lowest BCUT2D eigenvalue weighted by Gasteiger charge is -2.20. The van der Waals surface area contributed by atoms with Crippen LogP contribution >= 0.6 is 11.8 Å². The van der Waals surface area contributed by atoms with Gasteiger partial charge < -0.3 is 10.6 Å². The van der Waals surface area contributed by atoms with E-state index in [-0.39, 0.29) is 5.91 Å². The van der Waals surface area contributed by atoms with Crippen molar-refractivity contribution in [1.82, 2.24) is 5.32 Å². The number of nitrogens with one attached hydrogen (secondary N) is 2. The van der Waals surface area contributed by atoms with Crippen LogP contribution in [0.5, 0.6) is 0 Å². The van der Waals surface area contributed by atoms with Crippen LogP contribution in [0.4, 0.5) is 5.69 Å². The zero-order valence-electron chi connectivity index (χ0n) is 10.9. The van der Waals surface area contributed by atoms with Gasteiger partial charge in [0, 0.05) is 30.1 Å². The highest BCUT2D eigenvalue weighted by molar-refractivity contribution is 7.99. The summed E-state index contributed by atoms with van der Waals surface area (Å²) < 4.78 is 0. The van der Waals surface area contributed by atoms with E-state index in [0.29, 0.717) is 12.3 Å². The SMILES string of the molecule is C#CCSCCNC(=O)c1cccc2c1CCCN2. The molecule has 0 unspecified atom stereocenters. The molecule has 100 valence electrons. The van der Waals surface area contributed by atoms with E-state index in [9.17, 15) is 4.79 Å². The number of carbonyl (C=O) groups excluding carboxylic acids is 1. The number of carbonyl (C=O) groups is 1. The van der Waals surface area contributed by atoms with Crippen molar-refractivity contribution >= 4 is 23.4 Å². The third kappa shape index (κ3) is 3.68. The third-order valence-electron chi connectivity index (χ3n) is 3.06. The molecule has 4 heteroatoms. The van der Waals surface area contributed by atoms with Crippen molar-refractivity contribution in [3.63, 3.8) is 0 Å². The molecule has 0 aromatic heterocycles. The van der Waals surface area contributed by atoms with E-state index in [2.05, 4.69) is 16.6 Å². The van der Waals surface area contributed by atoms with E-state index in [0.717, 1.165) is 42.0 Å². The molecule has 0 bridgehead atoms. The van der Waals surface area contributed by atoms with Crippen LogP contribution in [0.2, 0.25) is 0 Å². The molecule has 0 saturated carbocycles. The number of fused-ring (bicyclic) bond motifs is 1. The molecule has 19 heavy (non-hydrogen) atoms. The summed E-state index contributed by atoms with van der Waals surface area (Å²) in [5.41, 5.74) is 3.04. The minimum absolute atomic E-state index is 0.0156. The Morgan fingerprint density at radius 1 is 1.53 bits per heavy atom. The maximum Gasteiger partial charge on any atom is 0.251 e. The number of amides is 1. The van der Waals surface area contributed by atoms with E-state index >= 15 is 0 Å². The van der Waals surface area contributed by atoms with Crippen LogP contribution in [0.1, 0.15) is 22.3 Å². The fraction of sp³-hybridized carbons (Fsp3) is 0.400. The second-order valence-electron chi connectivity index (χ2n) is 4.37. The van der Waals surface area contributed by atoms with E-state index in [1.807, 2.05) is 18.2 Å². The topological polar surface area (TPSA) is 41.1 Å². The number of hydrogen-bond acceptors (Lipinski definition) is 3. The van der Waals surface area contributed by atoms with Crippen LogP contribution in [0.3, 0.4) is 0 Å². The largest absolute Gasteiger partial charge is 0.385 e. The molecule has 2 N–H and O–H groups in total. The minimum atomic E-state index is 0.0156. The quantitative estimate of drug-likeness (QED) is 0.638. The van der Waals surface area contributed by atoms with Gasteiger partial charge in [-0.3, -0.25) is 4.79 Å². The van der Waals surface area contributed by atoms with Gasteiger partial charge in [-0.1, -0.05) is 12.0 Å². The van der Waals surface area contributed by atoms with Crippen molar-refractivity contribution in [3.05, 3.63) is 29.3 Å². The van der Waals surface area contributed by atoms with Crippen molar-refractivity contribution < 1.29 is 4.79 Å². The molecule has 1 aliphatic heterocycles. The Labute approximate surface area is 118 Å². The van der Waals surface area contributed by atoms with Gasteiger partial charge in [-0.2, -0.15) is 0 Å². The molecular formula is C15H18N2OS. The molecule has 1 aromatic rings. The summed E-state index contributed by atoms with van der Waals surface area (Å²) in [5.74, 6) is 4.13. The molecule has 2 rings (SSSR count).